The van der Waals surface area contributed by atoms with Crippen LogP contribution in [0.15, 0.2) is 47.4 Å². The van der Waals surface area contributed by atoms with Crippen molar-refractivity contribution in [3.63, 3.8) is 0 Å². The largest absolute Gasteiger partial charge is 0.331 e. The van der Waals surface area contributed by atoms with Gasteiger partial charge in [-0.2, -0.15) is 0 Å². The van der Waals surface area contributed by atoms with Crippen LogP contribution in [0.3, 0.4) is 0 Å². The summed E-state index contributed by atoms with van der Waals surface area (Å²) in [6, 6.07) is 9.87. The number of carbonyl (C=O) groups is 1. The Hall–Kier alpha value is -2.26. The number of fused-ring (bicyclic) bond motifs is 2. The quantitative estimate of drug-likeness (QED) is 0.558. The second-order valence-corrected chi connectivity index (χ2v) is 11.7. The number of sulfonamides is 1. The number of piperazine rings is 1. The normalized spacial score (nSPS) is 21.1. The van der Waals surface area contributed by atoms with E-state index in [1.807, 2.05) is 4.90 Å². The number of nitrogens with zero attached hydrogens (tertiary/aromatic N) is 3. The predicted octanol–water partition coefficient (Wildman–Crippen LogP) is 3.93. The molecule has 2 heterocycles. The molecule has 2 unspecified atom stereocenters. The SMILES string of the molecule is Cc1cc(C=CC(=O)N2C3CCC2CN(Cc2ccc(F)cc2)C3)c(S(=O)(=O)N(C)C)cc1Cl. The molecule has 2 aromatic rings. The Morgan fingerprint density at radius 2 is 1.76 bits per heavy atom. The lowest BCUT2D eigenvalue weighted by Gasteiger charge is -2.40. The predicted molar refractivity (Wildman–Crippen MR) is 131 cm³/mol. The fraction of sp³-hybridized carbons (Fsp3) is 0.400. The molecule has 1 amide bonds. The Labute approximate surface area is 205 Å². The molecule has 4 rings (SSSR count). The highest BCUT2D eigenvalue weighted by molar-refractivity contribution is 7.89. The summed E-state index contributed by atoms with van der Waals surface area (Å²) in [7, 11) is -0.800. The summed E-state index contributed by atoms with van der Waals surface area (Å²) >= 11 is 6.20. The Kier molecular flexibility index (Phi) is 7.14. The fourth-order valence-electron chi connectivity index (χ4n) is 4.81. The molecule has 0 saturated carbocycles. The number of hydrogen-bond donors (Lipinski definition) is 0. The second-order valence-electron chi connectivity index (χ2n) is 9.21. The van der Waals surface area contributed by atoms with Crippen LogP contribution in [-0.2, 0) is 21.4 Å². The van der Waals surface area contributed by atoms with Crippen LogP contribution in [0.1, 0.15) is 29.5 Å². The van der Waals surface area contributed by atoms with Crippen molar-refractivity contribution >= 4 is 33.6 Å². The molecule has 34 heavy (non-hydrogen) atoms. The van der Waals surface area contributed by atoms with Gasteiger partial charge in [-0.05, 0) is 66.8 Å². The number of hydrogen-bond acceptors (Lipinski definition) is 4. The van der Waals surface area contributed by atoms with E-state index < -0.39 is 10.0 Å². The molecule has 2 bridgehead atoms. The molecule has 2 aromatic carbocycles. The van der Waals surface area contributed by atoms with Crippen LogP contribution in [0.5, 0.6) is 0 Å². The van der Waals surface area contributed by atoms with Gasteiger partial charge in [0.1, 0.15) is 5.82 Å². The minimum absolute atomic E-state index is 0.0734. The highest BCUT2D eigenvalue weighted by Gasteiger charge is 2.41. The van der Waals surface area contributed by atoms with E-state index in [1.54, 1.807) is 31.2 Å². The van der Waals surface area contributed by atoms with E-state index in [1.165, 1.54) is 38.4 Å². The van der Waals surface area contributed by atoms with Crippen LogP contribution >= 0.6 is 11.6 Å². The molecule has 0 N–H and O–H groups in total. The molecule has 2 aliphatic rings. The van der Waals surface area contributed by atoms with E-state index in [2.05, 4.69) is 4.90 Å². The van der Waals surface area contributed by atoms with Crippen LogP contribution in [0.2, 0.25) is 5.02 Å². The summed E-state index contributed by atoms with van der Waals surface area (Å²) in [6.07, 6.45) is 4.92. The maximum absolute atomic E-state index is 13.2. The first-order valence-corrected chi connectivity index (χ1v) is 13.1. The van der Waals surface area contributed by atoms with E-state index >= 15 is 0 Å². The average molecular weight is 506 g/mol. The van der Waals surface area contributed by atoms with Crippen LogP contribution in [-0.4, -0.2) is 67.7 Å². The number of carbonyl (C=O) groups excluding carboxylic acids is 1. The number of aryl methyl sites for hydroxylation is 1. The number of halogens is 2. The van der Waals surface area contributed by atoms with Crippen LogP contribution in [0.4, 0.5) is 4.39 Å². The van der Waals surface area contributed by atoms with Crippen molar-refractivity contribution in [2.24, 2.45) is 0 Å². The molecule has 0 spiro atoms. The van der Waals surface area contributed by atoms with Gasteiger partial charge in [0.25, 0.3) is 0 Å². The first-order valence-electron chi connectivity index (χ1n) is 11.3. The van der Waals surface area contributed by atoms with Crippen LogP contribution in [0, 0.1) is 12.7 Å². The molecule has 0 aliphatic carbocycles. The summed E-state index contributed by atoms with van der Waals surface area (Å²) < 4.78 is 39.9. The van der Waals surface area contributed by atoms with Gasteiger partial charge < -0.3 is 4.90 Å². The number of likely N-dealkylation sites (tertiary alicyclic amines) is 1. The monoisotopic (exact) mass is 505 g/mol. The Morgan fingerprint density at radius 1 is 1.15 bits per heavy atom. The van der Waals surface area contributed by atoms with Crippen LogP contribution in [0.25, 0.3) is 6.08 Å². The van der Waals surface area contributed by atoms with Crippen molar-refractivity contribution in [2.45, 2.75) is 43.3 Å². The van der Waals surface area contributed by atoms with Gasteiger partial charge in [0.2, 0.25) is 15.9 Å². The number of amides is 1. The zero-order chi connectivity index (χ0) is 24.6. The highest BCUT2D eigenvalue weighted by Crippen LogP contribution is 2.32. The van der Waals surface area contributed by atoms with Crippen LogP contribution < -0.4 is 0 Å². The molecule has 6 nitrogen and oxygen atoms in total. The van der Waals surface area contributed by atoms with Crippen molar-refractivity contribution in [1.82, 2.24) is 14.1 Å². The van der Waals surface area contributed by atoms with Gasteiger partial charge in [0.15, 0.2) is 0 Å². The molecule has 182 valence electrons. The summed E-state index contributed by atoms with van der Waals surface area (Å²) in [5.41, 5.74) is 2.22. The topological polar surface area (TPSA) is 60.9 Å². The molecule has 2 fully saturated rings. The van der Waals surface area contributed by atoms with Gasteiger partial charge in [-0.1, -0.05) is 23.7 Å². The third kappa shape index (κ3) is 5.05. The third-order valence-electron chi connectivity index (χ3n) is 6.59. The minimum atomic E-state index is -3.73. The molecular formula is C25H29ClFN3O3S. The lowest BCUT2D eigenvalue weighted by molar-refractivity contribution is -0.131. The smallest absolute Gasteiger partial charge is 0.247 e. The first-order chi connectivity index (χ1) is 16.1. The fourth-order valence-corrected chi connectivity index (χ4v) is 6.12. The standard InChI is InChI=1S/C25H29ClFN3O3S/c1-17-12-19(24(13-23(17)26)34(32,33)28(2)3)6-11-25(31)30-21-9-10-22(30)16-29(15-21)14-18-4-7-20(27)8-5-18/h4-8,11-13,21-22H,9-10,14-16H2,1-3H3. The van der Waals surface area contributed by atoms with Crippen molar-refractivity contribution in [3.05, 3.63) is 70.0 Å². The molecule has 0 radical (unpaired) electrons. The van der Waals surface area contributed by atoms with Gasteiger partial charge >= 0.3 is 0 Å². The first kappa shape index (κ1) is 24.9. The zero-order valence-electron chi connectivity index (χ0n) is 19.5. The molecule has 0 aromatic heterocycles. The maximum Gasteiger partial charge on any atom is 0.247 e. The third-order valence-corrected chi connectivity index (χ3v) is 8.86. The lowest BCUT2D eigenvalue weighted by Crippen LogP contribution is -2.55. The molecule has 2 atom stereocenters. The van der Waals surface area contributed by atoms with Crippen molar-refractivity contribution in [3.8, 4) is 0 Å². The van der Waals surface area contributed by atoms with Crippen molar-refractivity contribution in [1.29, 1.82) is 0 Å². The second kappa shape index (κ2) is 9.77. The van der Waals surface area contributed by atoms with Crippen molar-refractivity contribution in [2.75, 3.05) is 27.2 Å². The molecular weight excluding hydrogens is 477 g/mol. The Balaban J connectivity index is 1.50. The lowest BCUT2D eigenvalue weighted by atomic mass is 10.1. The Bertz CT molecular complexity index is 1200. The van der Waals surface area contributed by atoms with Gasteiger partial charge in [0.05, 0.1) is 4.90 Å². The summed E-state index contributed by atoms with van der Waals surface area (Å²) in [6.45, 7) is 4.04. The summed E-state index contributed by atoms with van der Waals surface area (Å²) in [4.78, 5) is 17.5. The van der Waals surface area contributed by atoms with E-state index in [9.17, 15) is 17.6 Å². The molecule has 2 saturated heterocycles. The number of benzene rings is 2. The molecule has 9 heteroatoms. The van der Waals surface area contributed by atoms with E-state index in [0.717, 1.165) is 47.9 Å². The highest BCUT2D eigenvalue weighted by atomic mass is 35.5. The van der Waals surface area contributed by atoms with Gasteiger partial charge in [-0.3, -0.25) is 9.69 Å². The zero-order valence-corrected chi connectivity index (χ0v) is 21.1. The molecule has 2 aliphatic heterocycles. The minimum Gasteiger partial charge on any atom is -0.331 e. The number of rotatable bonds is 6. The average Bonchev–Trinajstić information content (AvgIpc) is 3.06. The van der Waals surface area contributed by atoms with Gasteiger partial charge in [0, 0.05) is 56.9 Å². The maximum atomic E-state index is 13.2. The summed E-state index contributed by atoms with van der Waals surface area (Å²) in [5.74, 6) is -0.363. The van der Waals surface area contributed by atoms with Gasteiger partial charge in [-0.15, -0.1) is 0 Å². The Morgan fingerprint density at radius 3 is 2.35 bits per heavy atom. The van der Waals surface area contributed by atoms with Gasteiger partial charge in [-0.25, -0.2) is 17.1 Å². The summed E-state index contributed by atoms with van der Waals surface area (Å²) in [5, 5.41) is 0.360. The van der Waals surface area contributed by atoms with E-state index in [4.69, 9.17) is 11.6 Å². The van der Waals surface area contributed by atoms with E-state index in [-0.39, 0.29) is 28.7 Å². The van der Waals surface area contributed by atoms with E-state index in [0.29, 0.717) is 10.6 Å². The van der Waals surface area contributed by atoms with Crippen molar-refractivity contribution < 1.29 is 17.6 Å².